The van der Waals surface area contributed by atoms with Crippen LogP contribution < -0.4 is 0 Å². The highest BCUT2D eigenvalue weighted by atomic mass is 14.2. The first kappa shape index (κ1) is 22.8. The average Bonchev–Trinajstić information content (AvgIpc) is 2.24. The summed E-state index contributed by atoms with van der Waals surface area (Å²) < 4.78 is 0. The lowest BCUT2D eigenvalue weighted by molar-refractivity contribution is 0.986. The standard InChI is InChI=1S/C6H12.C3H8.C2H6.CH3N/c1-4-6(3)5-2;1-3-2;2*1-2/h3-5H2,1-2H3;3H2,1-2H3;1-2H3;2H,1H2. The Kier molecular flexibility index (Phi) is 74.2. The zero-order valence-electron chi connectivity index (χ0n) is 10.5. The summed E-state index contributed by atoms with van der Waals surface area (Å²) in [6.07, 6.45) is 3.52. The van der Waals surface area contributed by atoms with Gasteiger partial charge in [-0.3, -0.25) is 0 Å². The smallest absolute Gasteiger partial charge is 0.0187 e. The van der Waals surface area contributed by atoms with Gasteiger partial charge in [-0.25, -0.2) is 0 Å². The molecule has 0 rings (SSSR count). The van der Waals surface area contributed by atoms with E-state index < -0.39 is 0 Å². The van der Waals surface area contributed by atoms with Gasteiger partial charge in [0.2, 0.25) is 0 Å². The molecule has 0 amide bonds. The van der Waals surface area contributed by atoms with Crippen molar-refractivity contribution in [3.05, 3.63) is 12.2 Å². The molecule has 0 aliphatic heterocycles. The van der Waals surface area contributed by atoms with Gasteiger partial charge in [0, 0.05) is 0 Å². The maximum absolute atomic E-state index is 5.50. The third-order valence-electron chi connectivity index (χ3n) is 1.000. The monoisotopic (exact) mass is 187 g/mol. The second kappa shape index (κ2) is 42.2. The van der Waals surface area contributed by atoms with Crippen LogP contribution in [0.1, 0.15) is 60.8 Å². The molecule has 0 saturated carbocycles. The third kappa shape index (κ3) is 86.9. The van der Waals surface area contributed by atoms with Crippen LogP contribution in [0.5, 0.6) is 0 Å². The Bertz CT molecular complexity index is 61.5. The van der Waals surface area contributed by atoms with Gasteiger partial charge < -0.3 is 5.41 Å². The van der Waals surface area contributed by atoms with Crippen LogP contribution in [-0.4, -0.2) is 6.72 Å². The molecule has 0 radical (unpaired) electrons. The third-order valence-corrected chi connectivity index (χ3v) is 1.000. The van der Waals surface area contributed by atoms with Crippen molar-refractivity contribution < 1.29 is 0 Å². The zero-order valence-corrected chi connectivity index (χ0v) is 10.5. The lowest BCUT2D eigenvalue weighted by Crippen LogP contribution is -1.68. The normalized spacial score (nSPS) is 6.00. The second-order valence-electron chi connectivity index (χ2n) is 2.16. The number of nitrogens with one attached hydrogen (secondary N) is 1. The van der Waals surface area contributed by atoms with Crippen molar-refractivity contribution in [3.8, 4) is 0 Å². The summed E-state index contributed by atoms with van der Waals surface area (Å²) in [6.45, 7) is 18.8. The molecule has 0 atom stereocenters. The molecule has 0 aromatic carbocycles. The Labute approximate surface area is 85.8 Å². The Hall–Kier alpha value is -0.590. The van der Waals surface area contributed by atoms with Crippen LogP contribution in [-0.2, 0) is 0 Å². The summed E-state index contributed by atoms with van der Waals surface area (Å²) >= 11 is 0. The van der Waals surface area contributed by atoms with E-state index in [9.17, 15) is 0 Å². The molecule has 0 aliphatic rings. The van der Waals surface area contributed by atoms with E-state index >= 15 is 0 Å². The molecule has 13 heavy (non-hydrogen) atoms. The van der Waals surface area contributed by atoms with Gasteiger partial charge in [-0.1, -0.05) is 60.1 Å². The minimum Gasteiger partial charge on any atom is -0.317 e. The first-order valence-corrected chi connectivity index (χ1v) is 5.24. The van der Waals surface area contributed by atoms with Gasteiger partial charge in [0.15, 0.2) is 0 Å². The molecule has 0 aliphatic carbocycles. The maximum atomic E-state index is 5.50. The van der Waals surface area contributed by atoms with E-state index in [1.54, 1.807) is 0 Å². The van der Waals surface area contributed by atoms with Crippen molar-refractivity contribution >= 4 is 6.72 Å². The van der Waals surface area contributed by atoms with Gasteiger partial charge >= 0.3 is 0 Å². The van der Waals surface area contributed by atoms with Gasteiger partial charge in [0.05, 0.1) is 0 Å². The van der Waals surface area contributed by atoms with E-state index in [1.807, 2.05) is 13.8 Å². The summed E-state index contributed by atoms with van der Waals surface area (Å²) in [5, 5.41) is 5.50. The largest absolute Gasteiger partial charge is 0.317 e. The molecule has 82 valence electrons. The van der Waals surface area contributed by atoms with E-state index in [0.717, 1.165) is 12.8 Å². The Balaban J connectivity index is -0.0000000493. The Morgan fingerprint density at radius 3 is 1.08 bits per heavy atom. The van der Waals surface area contributed by atoms with Gasteiger partial charge in [0.25, 0.3) is 0 Å². The van der Waals surface area contributed by atoms with Crippen LogP contribution in [0.3, 0.4) is 0 Å². The first-order valence-electron chi connectivity index (χ1n) is 5.24. The van der Waals surface area contributed by atoms with E-state index in [-0.39, 0.29) is 0 Å². The van der Waals surface area contributed by atoms with Crippen LogP contribution in [0.2, 0.25) is 0 Å². The molecule has 1 N–H and O–H groups in total. The molecular weight excluding hydrogens is 158 g/mol. The molecule has 0 fully saturated rings. The van der Waals surface area contributed by atoms with E-state index in [4.69, 9.17) is 5.41 Å². The van der Waals surface area contributed by atoms with E-state index in [2.05, 4.69) is 41.0 Å². The quantitative estimate of drug-likeness (QED) is 0.461. The predicted octanol–water partition coefficient (Wildman–Crippen LogP) is 5.07. The van der Waals surface area contributed by atoms with Crippen molar-refractivity contribution in [2.75, 3.05) is 0 Å². The van der Waals surface area contributed by atoms with Crippen molar-refractivity contribution in [2.45, 2.75) is 60.8 Å². The molecule has 0 saturated heterocycles. The fourth-order valence-corrected chi connectivity index (χ4v) is 0.250. The minimum atomic E-state index is 1.14. The Morgan fingerprint density at radius 1 is 0.923 bits per heavy atom. The summed E-state index contributed by atoms with van der Waals surface area (Å²) in [7, 11) is 0. The van der Waals surface area contributed by atoms with Gasteiger partial charge in [0.1, 0.15) is 0 Å². The predicted molar refractivity (Wildman–Crippen MR) is 66.9 cm³/mol. The van der Waals surface area contributed by atoms with Crippen LogP contribution in [0.25, 0.3) is 0 Å². The van der Waals surface area contributed by atoms with Crippen molar-refractivity contribution in [1.82, 2.24) is 0 Å². The molecule has 0 aromatic rings. The lowest BCUT2D eigenvalue weighted by Gasteiger charge is -1.89. The molecule has 1 heteroatoms. The maximum Gasteiger partial charge on any atom is -0.0187 e. The highest BCUT2D eigenvalue weighted by molar-refractivity contribution is 5.15. The van der Waals surface area contributed by atoms with Crippen molar-refractivity contribution in [3.63, 3.8) is 0 Å². The molecular formula is C12H29N. The summed E-state index contributed by atoms with van der Waals surface area (Å²) in [6, 6.07) is 0. The van der Waals surface area contributed by atoms with Gasteiger partial charge in [-0.15, -0.1) is 0 Å². The van der Waals surface area contributed by atoms with Crippen LogP contribution in [0, 0.1) is 5.41 Å². The van der Waals surface area contributed by atoms with Crippen molar-refractivity contribution in [2.24, 2.45) is 0 Å². The Morgan fingerprint density at radius 2 is 1.08 bits per heavy atom. The molecule has 0 spiro atoms. The number of rotatable bonds is 2. The zero-order chi connectivity index (χ0) is 11.7. The topological polar surface area (TPSA) is 23.9 Å². The fourth-order valence-electron chi connectivity index (χ4n) is 0.250. The molecule has 0 aromatic heterocycles. The highest BCUT2D eigenvalue weighted by Gasteiger charge is 1.78. The minimum absolute atomic E-state index is 1.14. The van der Waals surface area contributed by atoms with E-state index in [0.29, 0.717) is 0 Å². The number of hydrogen-bond acceptors (Lipinski definition) is 1. The van der Waals surface area contributed by atoms with E-state index in [1.165, 1.54) is 12.0 Å². The highest BCUT2D eigenvalue weighted by Crippen LogP contribution is 1.98. The fraction of sp³-hybridized carbons (Fsp3) is 0.750. The summed E-state index contributed by atoms with van der Waals surface area (Å²) in [4.78, 5) is 0. The summed E-state index contributed by atoms with van der Waals surface area (Å²) in [5.74, 6) is 0. The van der Waals surface area contributed by atoms with Crippen molar-refractivity contribution in [1.29, 1.82) is 5.41 Å². The van der Waals surface area contributed by atoms with Crippen LogP contribution >= 0.6 is 0 Å². The molecule has 0 heterocycles. The number of allylic oxidation sites excluding steroid dienone is 1. The van der Waals surface area contributed by atoms with Crippen LogP contribution in [0.15, 0.2) is 12.2 Å². The molecule has 0 unspecified atom stereocenters. The average molecular weight is 187 g/mol. The second-order valence-corrected chi connectivity index (χ2v) is 2.16. The number of hydrogen-bond donors (Lipinski definition) is 1. The SMILES string of the molecule is C=C(CC)CC.C=N.CC.CCC. The molecule has 1 nitrogen and oxygen atoms in total. The van der Waals surface area contributed by atoms with Gasteiger partial charge in [-0.2, -0.15) is 0 Å². The molecule has 0 bridgehead atoms. The lowest BCUT2D eigenvalue weighted by atomic mass is 10.2. The van der Waals surface area contributed by atoms with Gasteiger partial charge in [-0.05, 0) is 19.6 Å². The summed E-state index contributed by atoms with van der Waals surface area (Å²) in [5.41, 5.74) is 1.34. The first-order chi connectivity index (χ1) is 6.22. The van der Waals surface area contributed by atoms with Crippen LogP contribution in [0.4, 0.5) is 0 Å².